The van der Waals surface area contributed by atoms with Gasteiger partial charge in [0.15, 0.2) is 11.5 Å². The minimum Gasteiger partial charge on any atom is -0.503 e. The third-order valence-electron chi connectivity index (χ3n) is 6.03. The number of carbonyl (C=O) groups is 2. The van der Waals surface area contributed by atoms with Crippen LogP contribution in [-0.4, -0.2) is 23.4 Å². The normalized spacial score (nSPS) is 15.7. The van der Waals surface area contributed by atoms with Crippen molar-refractivity contribution in [1.29, 1.82) is 0 Å². The zero-order chi connectivity index (χ0) is 24.9. The lowest BCUT2D eigenvalue weighted by molar-refractivity contribution is -0.118. The number of nitrogens with zero attached hydrogens (tertiary/aromatic N) is 1. The Morgan fingerprint density at radius 1 is 1.00 bits per heavy atom. The number of anilines is 1. The molecule has 1 aliphatic rings. The maximum atomic E-state index is 13.5. The molecule has 3 aromatic carbocycles. The molecule has 0 saturated carbocycles. The maximum Gasteiger partial charge on any atom is 0.294 e. The molecule has 0 aliphatic carbocycles. The van der Waals surface area contributed by atoms with Crippen LogP contribution in [0.25, 0.3) is 0 Å². The first-order chi connectivity index (χ1) is 16.8. The molecular weight excluding hydrogens is 438 g/mol. The van der Waals surface area contributed by atoms with Crippen molar-refractivity contribution in [3.63, 3.8) is 0 Å². The number of aryl methyl sites for hydroxylation is 2. The molecule has 0 aromatic heterocycles. The summed E-state index contributed by atoms with van der Waals surface area (Å²) in [5.41, 5.74) is 3.49. The van der Waals surface area contributed by atoms with E-state index in [-0.39, 0.29) is 17.8 Å². The Bertz CT molecular complexity index is 1250. The summed E-state index contributed by atoms with van der Waals surface area (Å²) in [6.07, 6.45) is 0.720. The third-order valence-corrected chi connectivity index (χ3v) is 6.03. The van der Waals surface area contributed by atoms with Crippen molar-refractivity contribution in [1.82, 2.24) is 0 Å². The zero-order valence-electron chi connectivity index (χ0n) is 20.4. The zero-order valence-corrected chi connectivity index (χ0v) is 20.4. The average molecular weight is 470 g/mol. The molecule has 1 aliphatic heterocycles. The van der Waals surface area contributed by atoms with Crippen LogP contribution >= 0.6 is 0 Å². The summed E-state index contributed by atoms with van der Waals surface area (Å²) < 4.78 is 5.92. The Morgan fingerprint density at radius 3 is 2.46 bits per heavy atom. The molecular formula is C30H31NO4. The molecule has 1 atom stereocenters. The fourth-order valence-electron chi connectivity index (χ4n) is 4.32. The minimum atomic E-state index is -0.741. The smallest absolute Gasteiger partial charge is 0.294 e. The van der Waals surface area contributed by atoms with Gasteiger partial charge in [-0.2, -0.15) is 0 Å². The van der Waals surface area contributed by atoms with E-state index in [9.17, 15) is 14.7 Å². The fraction of sp³-hybridized carbons (Fsp3) is 0.267. The lowest BCUT2D eigenvalue weighted by Gasteiger charge is -2.27. The molecule has 5 heteroatoms. The molecule has 0 bridgehead atoms. The van der Waals surface area contributed by atoms with Crippen LogP contribution in [0.15, 0.2) is 90.2 Å². The maximum absolute atomic E-state index is 13.5. The van der Waals surface area contributed by atoms with Gasteiger partial charge >= 0.3 is 0 Å². The van der Waals surface area contributed by atoms with E-state index in [0.717, 1.165) is 11.1 Å². The Morgan fingerprint density at radius 2 is 1.74 bits per heavy atom. The number of Topliss-reactive ketones (excluding diaryl/α,β-unsaturated/α-hetero) is 1. The monoisotopic (exact) mass is 469 g/mol. The molecule has 1 amide bonds. The van der Waals surface area contributed by atoms with Crippen LogP contribution in [0.1, 0.15) is 43.0 Å². The number of ether oxygens (including phenoxy) is 1. The topological polar surface area (TPSA) is 66.8 Å². The van der Waals surface area contributed by atoms with E-state index in [2.05, 4.69) is 13.8 Å². The first-order valence-electron chi connectivity index (χ1n) is 12.0. The molecule has 1 heterocycles. The molecule has 180 valence electrons. The molecule has 5 nitrogen and oxygen atoms in total. The van der Waals surface area contributed by atoms with Gasteiger partial charge in [0.05, 0.1) is 18.2 Å². The second-order valence-electron chi connectivity index (χ2n) is 9.37. The standard InChI is InChI=1S/C30H31NO4/c1-20(2)19-35-25-14-8-12-23(18-25)28-27(26(32)16-15-22-10-5-4-6-11-22)29(33)30(34)31(28)24-13-7-9-21(3)17-24/h4-14,17-18,20,28,33H,15-16,19H2,1-3H3. The van der Waals surface area contributed by atoms with Crippen molar-refractivity contribution in [2.24, 2.45) is 5.92 Å². The predicted octanol–water partition coefficient (Wildman–Crippen LogP) is 6.13. The quantitative estimate of drug-likeness (QED) is 0.409. The van der Waals surface area contributed by atoms with Gasteiger partial charge in [0.1, 0.15) is 5.75 Å². The molecule has 35 heavy (non-hydrogen) atoms. The highest BCUT2D eigenvalue weighted by Gasteiger charge is 2.44. The van der Waals surface area contributed by atoms with Crippen LogP contribution in [0.3, 0.4) is 0 Å². The van der Waals surface area contributed by atoms with Gasteiger partial charge in [-0.15, -0.1) is 0 Å². The number of ketones is 1. The van der Waals surface area contributed by atoms with Gasteiger partial charge in [-0.25, -0.2) is 0 Å². The van der Waals surface area contributed by atoms with Gasteiger partial charge in [-0.1, -0.05) is 68.4 Å². The van der Waals surface area contributed by atoms with Crippen molar-refractivity contribution >= 4 is 17.4 Å². The summed E-state index contributed by atoms with van der Waals surface area (Å²) in [4.78, 5) is 28.3. The number of aliphatic hydroxyl groups excluding tert-OH is 1. The van der Waals surface area contributed by atoms with Gasteiger partial charge in [-0.05, 0) is 60.2 Å². The molecule has 4 rings (SSSR count). The molecule has 3 aromatic rings. The second-order valence-corrected chi connectivity index (χ2v) is 9.37. The molecule has 0 saturated heterocycles. The SMILES string of the molecule is Cc1cccc(N2C(=O)C(O)=C(C(=O)CCc3ccccc3)C2c2cccc(OCC(C)C)c2)c1. The number of hydrogen-bond acceptors (Lipinski definition) is 4. The molecule has 0 spiro atoms. The molecule has 0 radical (unpaired) electrons. The summed E-state index contributed by atoms with van der Waals surface area (Å²) in [5.74, 6) is -0.279. The fourth-order valence-corrected chi connectivity index (χ4v) is 4.32. The molecule has 0 fully saturated rings. The van der Waals surface area contributed by atoms with E-state index in [1.54, 1.807) is 0 Å². The predicted molar refractivity (Wildman–Crippen MR) is 138 cm³/mol. The number of amides is 1. The van der Waals surface area contributed by atoms with E-state index < -0.39 is 17.7 Å². The average Bonchev–Trinajstić information content (AvgIpc) is 3.12. The lowest BCUT2D eigenvalue weighted by atomic mass is 9.93. The van der Waals surface area contributed by atoms with Crippen LogP contribution in [0.4, 0.5) is 5.69 Å². The Hall–Kier alpha value is -3.86. The summed E-state index contributed by atoms with van der Waals surface area (Å²) in [5, 5.41) is 10.9. The third kappa shape index (κ3) is 5.46. The van der Waals surface area contributed by atoms with E-state index >= 15 is 0 Å². The number of rotatable bonds is 9. The van der Waals surface area contributed by atoms with Crippen LogP contribution < -0.4 is 9.64 Å². The van der Waals surface area contributed by atoms with E-state index in [4.69, 9.17) is 4.74 Å². The lowest BCUT2D eigenvalue weighted by Crippen LogP contribution is -2.31. The van der Waals surface area contributed by atoms with Crippen LogP contribution in [0.5, 0.6) is 5.75 Å². The number of carbonyl (C=O) groups excluding carboxylic acids is 2. The van der Waals surface area contributed by atoms with Gasteiger partial charge in [0, 0.05) is 12.1 Å². The largest absolute Gasteiger partial charge is 0.503 e. The van der Waals surface area contributed by atoms with Gasteiger partial charge in [-0.3, -0.25) is 14.5 Å². The van der Waals surface area contributed by atoms with E-state index in [1.165, 1.54) is 4.90 Å². The van der Waals surface area contributed by atoms with E-state index in [0.29, 0.717) is 35.9 Å². The molecule has 1 unspecified atom stereocenters. The van der Waals surface area contributed by atoms with Crippen LogP contribution in [-0.2, 0) is 16.0 Å². The number of hydrogen-bond donors (Lipinski definition) is 1. The van der Waals surface area contributed by atoms with Crippen molar-refractivity contribution in [3.05, 3.63) is 107 Å². The Labute approximate surface area is 206 Å². The highest BCUT2D eigenvalue weighted by molar-refractivity contribution is 6.16. The van der Waals surface area contributed by atoms with Crippen molar-refractivity contribution in [3.8, 4) is 5.75 Å². The van der Waals surface area contributed by atoms with E-state index in [1.807, 2.05) is 85.8 Å². The number of aliphatic hydroxyl groups is 1. The summed E-state index contributed by atoms with van der Waals surface area (Å²) in [6.45, 7) is 6.64. The minimum absolute atomic E-state index is 0.133. The Kier molecular flexibility index (Phi) is 7.35. The molecule has 1 N–H and O–H groups in total. The summed E-state index contributed by atoms with van der Waals surface area (Å²) >= 11 is 0. The second kappa shape index (κ2) is 10.6. The number of benzene rings is 3. The van der Waals surface area contributed by atoms with Gasteiger partial charge in [0.2, 0.25) is 0 Å². The van der Waals surface area contributed by atoms with Crippen molar-refractivity contribution in [2.45, 2.75) is 39.7 Å². The Balaban J connectivity index is 1.72. The first-order valence-corrected chi connectivity index (χ1v) is 12.0. The van der Waals surface area contributed by atoms with Crippen molar-refractivity contribution in [2.75, 3.05) is 11.5 Å². The highest BCUT2D eigenvalue weighted by atomic mass is 16.5. The van der Waals surface area contributed by atoms with Gasteiger partial charge in [0.25, 0.3) is 5.91 Å². The summed E-state index contributed by atoms with van der Waals surface area (Å²) in [7, 11) is 0. The first kappa shape index (κ1) is 24.3. The summed E-state index contributed by atoms with van der Waals surface area (Å²) in [6, 6.07) is 23.9. The van der Waals surface area contributed by atoms with Crippen LogP contribution in [0.2, 0.25) is 0 Å². The highest BCUT2D eigenvalue weighted by Crippen LogP contribution is 2.42. The van der Waals surface area contributed by atoms with Crippen molar-refractivity contribution < 1.29 is 19.4 Å². The van der Waals surface area contributed by atoms with Gasteiger partial charge < -0.3 is 9.84 Å². The van der Waals surface area contributed by atoms with Crippen LogP contribution in [0, 0.1) is 12.8 Å².